The van der Waals surface area contributed by atoms with E-state index in [1.165, 1.54) is 32.3 Å². The lowest BCUT2D eigenvalue weighted by Crippen LogP contribution is -1.93. The maximum Gasteiger partial charge on any atom is 0.136 e. The molecule has 25 aromatic rings. The Morgan fingerprint density at radius 1 is 0.143 bits per heavy atom. The summed E-state index contributed by atoms with van der Waals surface area (Å²) < 4.78 is 48.0. The number of hydrogen-bond acceptors (Lipinski definition) is 6. The summed E-state index contributed by atoms with van der Waals surface area (Å²) in [4.78, 5) is 0. The zero-order chi connectivity index (χ0) is 68.0. The Morgan fingerprint density at radius 2 is 0.333 bits per heavy atom. The molecule has 0 radical (unpaired) electrons. The predicted molar refractivity (Wildman–Crippen MR) is 429 cm³/mol. The lowest BCUT2D eigenvalue weighted by Gasteiger charge is -2.12. The number of furan rings is 6. The third-order valence-corrected chi connectivity index (χ3v) is 22.6. The van der Waals surface area contributed by atoms with E-state index in [4.69, 9.17) is 26.5 Å². The number of para-hydroxylation sites is 6. The summed E-state index contributed by atoms with van der Waals surface area (Å²) in [5.74, 6) is 0. The second-order valence-electron chi connectivity index (χ2n) is 28.1. The average Bonchev–Trinajstić information content (AvgIpc) is 1.59. The molecule has 9 heterocycles. The number of rotatable bonds is 6. The summed E-state index contributed by atoms with van der Waals surface area (Å²) in [5.41, 5.74) is 25.8. The first kappa shape index (κ1) is 55.5. The predicted octanol–water partition coefficient (Wildman–Crippen LogP) is 27.4. The van der Waals surface area contributed by atoms with Gasteiger partial charge in [0.05, 0.1) is 33.1 Å². The molecule has 0 aliphatic heterocycles. The first-order chi connectivity index (χ1) is 52.0. The Bertz CT molecular complexity index is 7260. The van der Waals surface area contributed by atoms with Crippen molar-refractivity contribution in [2.75, 3.05) is 0 Å². The molecule has 0 spiro atoms. The van der Waals surface area contributed by atoms with E-state index in [0.717, 1.165) is 215 Å². The molecule has 9 nitrogen and oxygen atoms in total. The highest BCUT2D eigenvalue weighted by atomic mass is 16.4. The number of fused-ring (bicyclic) bond motifs is 30. The monoisotopic (exact) mass is 1340 g/mol. The topological polar surface area (TPSA) is 93.6 Å². The normalized spacial score (nSPS) is 12.6. The van der Waals surface area contributed by atoms with Gasteiger partial charge in [-0.25, -0.2) is 0 Å². The van der Waals surface area contributed by atoms with Crippen molar-refractivity contribution in [3.8, 4) is 50.4 Å². The Labute approximate surface area is 593 Å². The SMILES string of the molecule is c1ccc2c(c1)c1ccccc1n2-c1ccc2oc3ccc4oc5ccc(-c6cc(-c7ccc8oc9ccc%10oc%11ccc(-n%12c%13ccccc%13c%13ccccc%13%12)cc%11c%10c9c8c7)cc(-c7ccc8oc9ccc%10oc%11ccc(-n%12c%13ccccc%13c%13ccccc%13%12)cc%11c%10c9c8c7)c6)cc5c4c3c2c1. The van der Waals surface area contributed by atoms with Gasteiger partial charge >= 0.3 is 0 Å². The highest BCUT2D eigenvalue weighted by Gasteiger charge is 2.25. The first-order valence-corrected chi connectivity index (χ1v) is 35.6. The van der Waals surface area contributed by atoms with Crippen molar-refractivity contribution >= 4 is 197 Å². The van der Waals surface area contributed by atoms with Crippen LogP contribution in [0.2, 0.25) is 0 Å². The maximum atomic E-state index is 6.85. The number of aromatic nitrogens is 3. The second kappa shape index (κ2) is 20.3. The van der Waals surface area contributed by atoms with Gasteiger partial charge in [-0.3, -0.25) is 0 Å². The maximum absolute atomic E-state index is 6.85. The molecule has 0 fully saturated rings. The molecular formula is C96H51N3O6. The van der Waals surface area contributed by atoms with Crippen LogP contribution in [0.5, 0.6) is 0 Å². The fraction of sp³-hybridized carbons (Fsp3) is 0. The van der Waals surface area contributed by atoms with Crippen LogP contribution in [0.25, 0.3) is 247 Å². The molecule has 0 N–H and O–H groups in total. The fourth-order valence-electron chi connectivity index (χ4n) is 18.1. The van der Waals surface area contributed by atoms with E-state index in [9.17, 15) is 0 Å². The molecule has 0 saturated carbocycles. The minimum absolute atomic E-state index is 0.792. The van der Waals surface area contributed by atoms with Crippen molar-refractivity contribution in [2.45, 2.75) is 0 Å². The average molecular weight is 1340 g/mol. The van der Waals surface area contributed by atoms with Gasteiger partial charge in [-0.1, -0.05) is 127 Å². The molecule has 9 heteroatoms. The molecule has 9 aromatic heterocycles. The van der Waals surface area contributed by atoms with E-state index >= 15 is 0 Å². The Morgan fingerprint density at radius 3 is 0.562 bits per heavy atom. The van der Waals surface area contributed by atoms with E-state index < -0.39 is 0 Å². The molecule has 486 valence electrons. The van der Waals surface area contributed by atoms with E-state index in [-0.39, 0.29) is 0 Å². The van der Waals surface area contributed by atoms with E-state index in [1.54, 1.807) is 0 Å². The smallest absolute Gasteiger partial charge is 0.136 e. The van der Waals surface area contributed by atoms with Crippen LogP contribution in [0.1, 0.15) is 0 Å². The summed E-state index contributed by atoms with van der Waals surface area (Å²) in [5, 5.41) is 19.4. The minimum Gasteiger partial charge on any atom is -0.456 e. The molecule has 0 unspecified atom stereocenters. The lowest BCUT2D eigenvalue weighted by atomic mass is 9.91. The van der Waals surface area contributed by atoms with E-state index in [1.807, 2.05) is 36.4 Å². The van der Waals surface area contributed by atoms with Crippen molar-refractivity contribution in [1.29, 1.82) is 0 Å². The van der Waals surface area contributed by atoms with Gasteiger partial charge in [0.2, 0.25) is 0 Å². The molecule has 0 atom stereocenters. The van der Waals surface area contributed by atoms with Crippen LogP contribution >= 0.6 is 0 Å². The Hall–Kier alpha value is -14.3. The van der Waals surface area contributed by atoms with Crippen LogP contribution < -0.4 is 0 Å². The van der Waals surface area contributed by atoms with Gasteiger partial charge in [-0.2, -0.15) is 0 Å². The summed E-state index contributed by atoms with van der Waals surface area (Å²) in [6.07, 6.45) is 0. The summed E-state index contributed by atoms with van der Waals surface area (Å²) in [7, 11) is 0. The van der Waals surface area contributed by atoms with Crippen LogP contribution in [0.4, 0.5) is 0 Å². The van der Waals surface area contributed by atoms with Gasteiger partial charge in [-0.15, -0.1) is 0 Å². The molecule has 25 rings (SSSR count). The van der Waals surface area contributed by atoms with Crippen LogP contribution in [0, 0.1) is 0 Å². The van der Waals surface area contributed by atoms with Crippen LogP contribution in [-0.2, 0) is 0 Å². The summed E-state index contributed by atoms with van der Waals surface area (Å²) in [6.45, 7) is 0. The van der Waals surface area contributed by atoms with Crippen molar-refractivity contribution in [3.05, 3.63) is 309 Å². The van der Waals surface area contributed by atoms with Crippen molar-refractivity contribution in [2.24, 2.45) is 0 Å². The molecule has 0 aliphatic carbocycles. The van der Waals surface area contributed by atoms with Crippen molar-refractivity contribution < 1.29 is 26.5 Å². The van der Waals surface area contributed by atoms with Crippen molar-refractivity contribution in [3.63, 3.8) is 0 Å². The van der Waals surface area contributed by atoms with Crippen LogP contribution in [0.15, 0.2) is 336 Å². The second-order valence-corrected chi connectivity index (χ2v) is 28.1. The molecule has 0 amide bonds. The summed E-state index contributed by atoms with van der Waals surface area (Å²) >= 11 is 0. The quantitative estimate of drug-likeness (QED) is 0.165. The van der Waals surface area contributed by atoms with Gasteiger partial charge in [0.15, 0.2) is 0 Å². The van der Waals surface area contributed by atoms with Gasteiger partial charge in [-0.05, 0) is 215 Å². The van der Waals surface area contributed by atoms with E-state index in [2.05, 4.69) is 287 Å². The van der Waals surface area contributed by atoms with Gasteiger partial charge in [0.1, 0.15) is 67.0 Å². The fourth-order valence-corrected chi connectivity index (χ4v) is 18.1. The highest BCUT2D eigenvalue weighted by Crippen LogP contribution is 2.49. The molecule has 105 heavy (non-hydrogen) atoms. The number of hydrogen-bond donors (Lipinski definition) is 0. The Balaban J connectivity index is 0.699. The van der Waals surface area contributed by atoms with E-state index in [0.29, 0.717) is 0 Å². The standard InChI is InChI=1S/C96H51N3O6/c1-7-19-73-61(13-1)62-14-2-8-20-74(62)97(73)58-28-34-82-70(49-58)94-88(103-82)40-37-85-91(94)67-46-52(25-31-79(67)100-85)55-43-56(53-26-32-80-68(47-53)92-86(101-80)38-41-89-95(92)71-50-59(29-35-83(71)104-89)98-75-21-9-3-15-63(75)64-16-4-10-22-76(64)98)45-57(44-55)54-27-33-81-69(48-54)93-87(102-81)39-42-90-96(93)72-51-60(30-36-84(72)105-90)99-77-23-11-5-17-65(77)66-18-6-12-24-78(66)99/h1-51H. The van der Waals surface area contributed by atoms with Crippen LogP contribution in [0.3, 0.4) is 0 Å². The van der Waals surface area contributed by atoms with Crippen LogP contribution in [-0.4, -0.2) is 13.7 Å². The molecule has 0 bridgehead atoms. The molecule has 0 aliphatic rings. The third kappa shape index (κ3) is 7.63. The highest BCUT2D eigenvalue weighted by molar-refractivity contribution is 6.30. The number of benzene rings is 16. The molecule has 0 saturated heterocycles. The largest absolute Gasteiger partial charge is 0.456 e. The third-order valence-electron chi connectivity index (χ3n) is 22.6. The zero-order valence-electron chi connectivity index (χ0n) is 55.7. The Kier molecular flexibility index (Phi) is 10.7. The van der Waals surface area contributed by atoms with Gasteiger partial charge < -0.3 is 40.2 Å². The number of nitrogens with zero attached hydrogens (tertiary/aromatic N) is 3. The van der Waals surface area contributed by atoms with Crippen molar-refractivity contribution in [1.82, 2.24) is 13.7 Å². The minimum atomic E-state index is 0.792. The lowest BCUT2D eigenvalue weighted by molar-refractivity contribution is 0.663. The first-order valence-electron chi connectivity index (χ1n) is 35.6. The summed E-state index contributed by atoms with van der Waals surface area (Å²) in [6, 6.07) is 111. The zero-order valence-corrected chi connectivity index (χ0v) is 55.7. The van der Waals surface area contributed by atoms with Gasteiger partial charge in [0, 0.05) is 114 Å². The molecule has 16 aromatic carbocycles. The van der Waals surface area contributed by atoms with Gasteiger partial charge in [0.25, 0.3) is 0 Å². The molecular weight excluding hydrogens is 1290 g/mol.